The number of nitriles is 1. The lowest BCUT2D eigenvalue weighted by molar-refractivity contribution is 0.320. The Morgan fingerprint density at radius 3 is 2.76 bits per heavy atom. The molecule has 0 radical (unpaired) electrons. The van der Waals surface area contributed by atoms with Gasteiger partial charge in [0.2, 0.25) is 0 Å². The highest BCUT2D eigenvalue weighted by Gasteiger charge is 2.30. The number of benzene rings is 1. The van der Waals surface area contributed by atoms with Crippen molar-refractivity contribution in [3.05, 3.63) is 70.6 Å². The van der Waals surface area contributed by atoms with Gasteiger partial charge < -0.3 is 10.6 Å². The molecule has 0 aromatic heterocycles. The highest BCUT2D eigenvalue weighted by atomic mass is 15.2. The van der Waals surface area contributed by atoms with E-state index in [1.807, 2.05) is 0 Å². The number of rotatable bonds is 3. The number of hydrogen-bond donors (Lipinski definition) is 1. The molecule has 0 saturated heterocycles. The Hall–Kier alpha value is -2.47. The summed E-state index contributed by atoms with van der Waals surface area (Å²) in [5.74, 6) is 0. The highest BCUT2D eigenvalue weighted by Crippen LogP contribution is 2.38. The normalized spacial score (nSPS) is 17.4. The average Bonchev–Trinajstić information content (AvgIpc) is 2.52. The molecule has 2 N–H and O–H groups in total. The monoisotopic (exact) mass is 277 g/mol. The Balaban J connectivity index is 1.83. The predicted molar refractivity (Wildman–Crippen MR) is 84.0 cm³/mol. The second-order valence-corrected chi connectivity index (χ2v) is 5.65. The zero-order valence-corrected chi connectivity index (χ0v) is 12.2. The quantitative estimate of drug-likeness (QED) is 0.924. The lowest BCUT2D eigenvalue weighted by Crippen LogP contribution is -2.37. The van der Waals surface area contributed by atoms with Crippen LogP contribution in [-0.4, -0.2) is 11.4 Å². The number of hydrogen-bond acceptors (Lipinski definition) is 3. The number of aryl methyl sites for hydroxylation is 1. The molecule has 1 aromatic rings. The topological polar surface area (TPSA) is 53.0 Å². The summed E-state index contributed by atoms with van der Waals surface area (Å²) in [6, 6.07) is 8.77. The molecule has 1 aromatic carbocycles. The van der Waals surface area contributed by atoms with Crippen molar-refractivity contribution in [1.29, 1.82) is 5.26 Å². The molecule has 0 atom stereocenters. The van der Waals surface area contributed by atoms with Gasteiger partial charge in [-0.05, 0) is 29.5 Å². The molecule has 0 fully saturated rings. The first-order valence-corrected chi connectivity index (χ1v) is 7.23. The molecule has 106 valence electrons. The van der Waals surface area contributed by atoms with Gasteiger partial charge in [-0.15, -0.1) is 0 Å². The molecule has 1 aliphatic carbocycles. The van der Waals surface area contributed by atoms with Crippen LogP contribution in [-0.2, 0) is 19.4 Å². The Labute approximate surface area is 125 Å². The maximum Gasteiger partial charge on any atom is 0.0683 e. The fourth-order valence-electron chi connectivity index (χ4n) is 3.07. The SMILES string of the molecule is C=C1C(=C)C(N2CCc3ccc(CCC#N)cc3C2)=C1N. The zero-order chi connectivity index (χ0) is 15.0. The summed E-state index contributed by atoms with van der Waals surface area (Å²) in [5.41, 5.74) is 13.7. The van der Waals surface area contributed by atoms with Crippen LogP contribution >= 0.6 is 0 Å². The first-order chi connectivity index (χ1) is 10.1. The molecule has 3 heteroatoms. The van der Waals surface area contributed by atoms with E-state index in [4.69, 9.17) is 11.0 Å². The summed E-state index contributed by atoms with van der Waals surface area (Å²) in [6.07, 6.45) is 2.40. The van der Waals surface area contributed by atoms with E-state index in [0.29, 0.717) is 6.42 Å². The third kappa shape index (κ3) is 2.23. The van der Waals surface area contributed by atoms with Gasteiger partial charge >= 0.3 is 0 Å². The van der Waals surface area contributed by atoms with Crippen molar-refractivity contribution in [3.8, 4) is 6.07 Å². The minimum atomic E-state index is 0.567. The number of fused-ring (bicyclic) bond motifs is 1. The molecule has 0 amide bonds. The van der Waals surface area contributed by atoms with Crippen molar-refractivity contribution in [2.45, 2.75) is 25.8 Å². The Morgan fingerprint density at radius 1 is 1.24 bits per heavy atom. The summed E-state index contributed by atoms with van der Waals surface area (Å²) in [4.78, 5) is 2.29. The first-order valence-electron chi connectivity index (χ1n) is 7.23. The maximum atomic E-state index is 8.71. The Morgan fingerprint density at radius 2 is 2.05 bits per heavy atom. The van der Waals surface area contributed by atoms with Crippen molar-refractivity contribution < 1.29 is 0 Å². The van der Waals surface area contributed by atoms with Gasteiger partial charge in [-0.25, -0.2) is 0 Å². The minimum absolute atomic E-state index is 0.567. The smallest absolute Gasteiger partial charge is 0.0683 e. The number of nitrogens with two attached hydrogens (primary N) is 1. The molecule has 2 aliphatic rings. The molecule has 0 bridgehead atoms. The average molecular weight is 277 g/mol. The first kappa shape index (κ1) is 13.5. The van der Waals surface area contributed by atoms with Crippen LogP contribution in [0, 0.1) is 11.3 Å². The summed E-state index contributed by atoms with van der Waals surface area (Å²) in [5, 5.41) is 8.71. The van der Waals surface area contributed by atoms with Crippen molar-refractivity contribution >= 4 is 0 Å². The van der Waals surface area contributed by atoms with Crippen LogP contribution in [0.3, 0.4) is 0 Å². The molecular weight excluding hydrogens is 258 g/mol. The molecule has 0 unspecified atom stereocenters. The van der Waals surface area contributed by atoms with E-state index in [-0.39, 0.29) is 0 Å². The summed E-state index contributed by atoms with van der Waals surface area (Å²) in [7, 11) is 0. The molecule has 0 spiro atoms. The predicted octanol–water partition coefficient (Wildman–Crippen LogP) is 2.80. The molecule has 3 nitrogen and oxygen atoms in total. The summed E-state index contributed by atoms with van der Waals surface area (Å²) < 4.78 is 0. The van der Waals surface area contributed by atoms with Crippen molar-refractivity contribution in [2.75, 3.05) is 6.54 Å². The third-order valence-electron chi connectivity index (χ3n) is 4.36. The summed E-state index contributed by atoms with van der Waals surface area (Å²) in [6.45, 7) is 9.79. The van der Waals surface area contributed by atoms with E-state index < -0.39 is 0 Å². The van der Waals surface area contributed by atoms with E-state index in [9.17, 15) is 0 Å². The van der Waals surface area contributed by atoms with Crippen molar-refractivity contribution in [2.24, 2.45) is 5.73 Å². The lowest BCUT2D eigenvalue weighted by Gasteiger charge is -2.39. The van der Waals surface area contributed by atoms with Crippen molar-refractivity contribution in [3.63, 3.8) is 0 Å². The van der Waals surface area contributed by atoms with Crippen LogP contribution in [0.4, 0.5) is 0 Å². The van der Waals surface area contributed by atoms with Gasteiger partial charge in [0.05, 0.1) is 17.5 Å². The molecule has 0 saturated carbocycles. The number of nitrogens with zero attached hydrogens (tertiary/aromatic N) is 2. The summed E-state index contributed by atoms with van der Waals surface area (Å²) >= 11 is 0. The molecule has 21 heavy (non-hydrogen) atoms. The Kier molecular flexibility index (Phi) is 3.31. The van der Waals surface area contributed by atoms with Crippen LogP contribution in [0.25, 0.3) is 0 Å². The minimum Gasteiger partial charge on any atom is -0.397 e. The lowest BCUT2D eigenvalue weighted by atomic mass is 9.87. The fourth-order valence-corrected chi connectivity index (χ4v) is 3.07. The van der Waals surface area contributed by atoms with Crippen LogP contribution in [0.1, 0.15) is 23.1 Å². The zero-order valence-electron chi connectivity index (χ0n) is 12.2. The van der Waals surface area contributed by atoms with Gasteiger partial charge in [0.1, 0.15) is 0 Å². The van der Waals surface area contributed by atoms with Crippen LogP contribution in [0.2, 0.25) is 0 Å². The van der Waals surface area contributed by atoms with E-state index in [0.717, 1.165) is 48.5 Å². The third-order valence-corrected chi connectivity index (χ3v) is 4.36. The van der Waals surface area contributed by atoms with Gasteiger partial charge in [-0.3, -0.25) is 0 Å². The van der Waals surface area contributed by atoms with Gasteiger partial charge in [-0.2, -0.15) is 5.26 Å². The fraction of sp³-hybridized carbons (Fsp3) is 0.278. The molecule has 1 heterocycles. The van der Waals surface area contributed by atoms with E-state index in [2.05, 4.69) is 42.3 Å². The molecule has 1 aliphatic heterocycles. The van der Waals surface area contributed by atoms with E-state index in [1.54, 1.807) is 0 Å². The number of allylic oxidation sites excluding steroid dienone is 2. The van der Waals surface area contributed by atoms with Gasteiger partial charge in [0.15, 0.2) is 0 Å². The van der Waals surface area contributed by atoms with Crippen LogP contribution in [0.15, 0.2) is 53.9 Å². The molecule has 3 rings (SSSR count). The Bertz CT molecular complexity index is 704. The van der Waals surface area contributed by atoms with Gasteiger partial charge in [0, 0.05) is 30.7 Å². The maximum absolute atomic E-state index is 8.71. The van der Waals surface area contributed by atoms with Crippen LogP contribution in [0.5, 0.6) is 0 Å². The standard InChI is InChI=1S/C18H19N3/c1-12-13(2)18(17(12)20)21-9-7-15-6-5-14(4-3-8-19)10-16(15)11-21/h5-6,10H,1-4,7,9,11,20H2. The highest BCUT2D eigenvalue weighted by molar-refractivity contribution is 5.65. The van der Waals surface area contributed by atoms with Gasteiger partial charge in [0.25, 0.3) is 0 Å². The second-order valence-electron chi connectivity index (χ2n) is 5.65. The molecular formula is C18H19N3. The second kappa shape index (κ2) is 5.14. The van der Waals surface area contributed by atoms with Crippen molar-refractivity contribution in [1.82, 2.24) is 4.90 Å². The largest absolute Gasteiger partial charge is 0.397 e. The van der Waals surface area contributed by atoms with Crippen LogP contribution < -0.4 is 5.73 Å². The van der Waals surface area contributed by atoms with E-state index >= 15 is 0 Å². The van der Waals surface area contributed by atoms with Gasteiger partial charge in [-0.1, -0.05) is 31.4 Å². The van der Waals surface area contributed by atoms with E-state index in [1.165, 1.54) is 16.7 Å².